The van der Waals surface area contributed by atoms with Crippen molar-refractivity contribution in [3.05, 3.63) is 41.2 Å². The lowest BCUT2D eigenvalue weighted by Crippen LogP contribution is -2.22. The summed E-state index contributed by atoms with van der Waals surface area (Å²) in [6, 6.07) is 5.69. The summed E-state index contributed by atoms with van der Waals surface area (Å²) in [5.74, 6) is -0.231. The lowest BCUT2D eigenvalue weighted by atomic mass is 10.3. The molecule has 6 heteroatoms. The first-order chi connectivity index (χ1) is 8.61. The number of halogens is 2. The number of thiazole rings is 1. The van der Waals surface area contributed by atoms with Crippen LogP contribution in [0, 0.1) is 5.82 Å². The van der Waals surface area contributed by atoms with E-state index >= 15 is 0 Å². The van der Waals surface area contributed by atoms with Gasteiger partial charge in [0.15, 0.2) is 5.13 Å². The van der Waals surface area contributed by atoms with E-state index in [4.69, 9.17) is 11.6 Å². The first kappa shape index (κ1) is 13.0. The van der Waals surface area contributed by atoms with Crippen molar-refractivity contribution in [1.29, 1.82) is 0 Å². The minimum Gasteiger partial charge on any atom is -0.274 e. The van der Waals surface area contributed by atoms with Gasteiger partial charge in [-0.2, -0.15) is 0 Å². The summed E-state index contributed by atoms with van der Waals surface area (Å²) in [5, 5.41) is 2.33. The Kier molecular flexibility index (Phi) is 3.93. The second-order valence-electron chi connectivity index (χ2n) is 3.59. The highest BCUT2D eigenvalue weighted by molar-refractivity contribution is 7.14. The van der Waals surface area contributed by atoms with E-state index in [0.717, 1.165) is 0 Å². The fraction of sp³-hybridized carbons (Fsp3) is 0.167. The Hall–Kier alpha value is -1.46. The van der Waals surface area contributed by atoms with E-state index in [0.29, 0.717) is 22.4 Å². The van der Waals surface area contributed by atoms with E-state index < -0.39 is 0 Å². The molecule has 1 heterocycles. The van der Waals surface area contributed by atoms with E-state index in [2.05, 4.69) is 4.98 Å². The summed E-state index contributed by atoms with van der Waals surface area (Å²) in [4.78, 5) is 17.4. The molecule has 1 aromatic heterocycles. The number of aromatic nitrogens is 1. The summed E-state index contributed by atoms with van der Waals surface area (Å²) in [6.45, 7) is 1.44. The van der Waals surface area contributed by atoms with E-state index in [-0.39, 0.29) is 11.7 Å². The molecular weight excluding hydrogens is 275 g/mol. The van der Waals surface area contributed by atoms with Crippen molar-refractivity contribution < 1.29 is 9.18 Å². The number of hydrogen-bond acceptors (Lipinski definition) is 3. The van der Waals surface area contributed by atoms with Crippen LogP contribution in [0.2, 0.25) is 0 Å². The van der Waals surface area contributed by atoms with Crippen LogP contribution in [0.4, 0.5) is 15.2 Å². The van der Waals surface area contributed by atoms with Gasteiger partial charge in [-0.25, -0.2) is 9.37 Å². The Morgan fingerprint density at radius 3 is 2.61 bits per heavy atom. The second kappa shape index (κ2) is 5.46. The molecule has 3 nitrogen and oxygen atoms in total. The van der Waals surface area contributed by atoms with Gasteiger partial charge in [0.25, 0.3) is 0 Å². The lowest BCUT2D eigenvalue weighted by Gasteiger charge is -2.17. The Labute approximate surface area is 113 Å². The summed E-state index contributed by atoms with van der Waals surface area (Å²) >= 11 is 7.01. The van der Waals surface area contributed by atoms with Crippen molar-refractivity contribution in [2.75, 3.05) is 4.90 Å². The third-order valence-corrected chi connectivity index (χ3v) is 3.42. The molecule has 18 heavy (non-hydrogen) atoms. The molecule has 1 amide bonds. The number of rotatable bonds is 3. The molecule has 0 fully saturated rings. The molecule has 0 aliphatic rings. The molecule has 0 aliphatic carbocycles. The maximum absolute atomic E-state index is 12.9. The standard InChI is InChI=1S/C12H10ClFN2OS/c1-8(17)16(11-4-2-9(14)3-5-11)12-15-10(6-13)7-18-12/h2-5,7H,6H2,1H3. The zero-order valence-electron chi connectivity index (χ0n) is 9.56. The van der Waals surface area contributed by atoms with Gasteiger partial charge in [-0.05, 0) is 24.3 Å². The van der Waals surface area contributed by atoms with Gasteiger partial charge < -0.3 is 0 Å². The largest absolute Gasteiger partial charge is 0.274 e. The van der Waals surface area contributed by atoms with Crippen LogP contribution < -0.4 is 4.90 Å². The van der Waals surface area contributed by atoms with Crippen LogP contribution in [0.25, 0.3) is 0 Å². The maximum Gasteiger partial charge on any atom is 0.230 e. The Bertz CT molecular complexity index is 555. The Balaban J connectivity index is 2.39. The van der Waals surface area contributed by atoms with Crippen LogP contribution in [-0.2, 0) is 10.7 Å². The number of benzene rings is 1. The maximum atomic E-state index is 12.9. The van der Waals surface area contributed by atoms with Crippen LogP contribution >= 0.6 is 22.9 Å². The fourth-order valence-electron chi connectivity index (χ4n) is 1.48. The predicted octanol–water partition coefficient (Wildman–Crippen LogP) is 3.71. The molecule has 0 saturated heterocycles. The minimum atomic E-state index is -0.345. The van der Waals surface area contributed by atoms with E-state index in [1.165, 1.54) is 35.3 Å². The van der Waals surface area contributed by atoms with Gasteiger partial charge in [-0.1, -0.05) is 0 Å². The number of hydrogen-bond donors (Lipinski definition) is 0. The van der Waals surface area contributed by atoms with Gasteiger partial charge in [0.2, 0.25) is 5.91 Å². The third kappa shape index (κ3) is 2.68. The van der Waals surface area contributed by atoms with Crippen molar-refractivity contribution in [1.82, 2.24) is 4.98 Å². The quantitative estimate of drug-likeness (QED) is 0.805. The number of amides is 1. The van der Waals surface area contributed by atoms with Crippen LogP contribution in [-0.4, -0.2) is 10.9 Å². The topological polar surface area (TPSA) is 33.2 Å². The average Bonchev–Trinajstić information content (AvgIpc) is 2.80. The van der Waals surface area contributed by atoms with E-state index in [1.807, 2.05) is 0 Å². The molecule has 94 valence electrons. The highest BCUT2D eigenvalue weighted by Crippen LogP contribution is 2.29. The zero-order chi connectivity index (χ0) is 13.1. The monoisotopic (exact) mass is 284 g/mol. The number of nitrogens with zero attached hydrogens (tertiary/aromatic N) is 2. The average molecular weight is 285 g/mol. The number of alkyl halides is 1. The Morgan fingerprint density at radius 2 is 2.11 bits per heavy atom. The molecule has 2 rings (SSSR count). The minimum absolute atomic E-state index is 0.183. The lowest BCUT2D eigenvalue weighted by molar-refractivity contribution is -0.115. The van der Waals surface area contributed by atoms with Crippen molar-refractivity contribution in [2.45, 2.75) is 12.8 Å². The molecule has 0 radical (unpaired) electrons. The molecule has 2 aromatic rings. The van der Waals surface area contributed by atoms with Crippen LogP contribution in [0.1, 0.15) is 12.6 Å². The van der Waals surface area contributed by atoms with E-state index in [1.54, 1.807) is 17.5 Å². The highest BCUT2D eigenvalue weighted by atomic mass is 35.5. The smallest absolute Gasteiger partial charge is 0.230 e. The van der Waals surface area contributed by atoms with Crippen molar-refractivity contribution >= 4 is 39.7 Å². The predicted molar refractivity (Wildman–Crippen MR) is 70.9 cm³/mol. The normalized spacial score (nSPS) is 10.4. The zero-order valence-corrected chi connectivity index (χ0v) is 11.1. The van der Waals surface area contributed by atoms with E-state index in [9.17, 15) is 9.18 Å². The summed E-state index contributed by atoms with van der Waals surface area (Å²) < 4.78 is 12.9. The molecule has 1 aromatic carbocycles. The first-order valence-corrected chi connectivity index (χ1v) is 6.60. The van der Waals surface area contributed by atoms with Gasteiger partial charge in [0, 0.05) is 12.3 Å². The van der Waals surface area contributed by atoms with Gasteiger partial charge >= 0.3 is 0 Å². The number of carbonyl (C=O) groups is 1. The second-order valence-corrected chi connectivity index (χ2v) is 4.69. The van der Waals surface area contributed by atoms with Crippen molar-refractivity contribution in [2.24, 2.45) is 0 Å². The molecule has 0 bridgehead atoms. The van der Waals surface area contributed by atoms with Crippen LogP contribution in [0.5, 0.6) is 0 Å². The fourth-order valence-corrected chi connectivity index (χ4v) is 2.59. The summed E-state index contributed by atoms with van der Waals surface area (Å²) in [6.07, 6.45) is 0. The number of carbonyl (C=O) groups excluding carboxylic acids is 1. The van der Waals surface area contributed by atoms with Crippen LogP contribution in [0.15, 0.2) is 29.6 Å². The van der Waals surface area contributed by atoms with Crippen LogP contribution in [0.3, 0.4) is 0 Å². The Morgan fingerprint density at radius 1 is 1.44 bits per heavy atom. The summed E-state index contributed by atoms with van der Waals surface area (Å²) in [7, 11) is 0. The molecule has 0 spiro atoms. The van der Waals surface area contributed by atoms with Gasteiger partial charge in [-0.15, -0.1) is 22.9 Å². The van der Waals surface area contributed by atoms with Crippen molar-refractivity contribution in [3.63, 3.8) is 0 Å². The molecule has 0 unspecified atom stereocenters. The molecule has 0 atom stereocenters. The van der Waals surface area contributed by atoms with Gasteiger partial charge in [0.05, 0.1) is 17.3 Å². The highest BCUT2D eigenvalue weighted by Gasteiger charge is 2.17. The first-order valence-electron chi connectivity index (χ1n) is 5.18. The summed E-state index contributed by atoms with van der Waals surface area (Å²) in [5.41, 5.74) is 1.30. The third-order valence-electron chi connectivity index (χ3n) is 2.27. The molecule has 0 aliphatic heterocycles. The molecule has 0 N–H and O–H groups in total. The molecule has 0 saturated carbocycles. The molecular formula is C12H10ClFN2OS. The van der Waals surface area contributed by atoms with Crippen molar-refractivity contribution in [3.8, 4) is 0 Å². The van der Waals surface area contributed by atoms with Gasteiger partial charge in [-0.3, -0.25) is 9.69 Å². The van der Waals surface area contributed by atoms with Gasteiger partial charge in [0.1, 0.15) is 5.82 Å². The number of anilines is 2. The SMILES string of the molecule is CC(=O)N(c1ccc(F)cc1)c1nc(CCl)cs1.